The molecule has 0 spiro atoms. The number of allylic oxidation sites excluding steroid dienone is 1. The molecule has 2 rings (SSSR count). The van der Waals surface area contributed by atoms with Gasteiger partial charge in [-0.15, -0.1) is 0 Å². The second kappa shape index (κ2) is 6.36. The molecule has 0 aromatic heterocycles. The van der Waals surface area contributed by atoms with Crippen LogP contribution in [0, 0.1) is 0 Å². The SMILES string of the molecule is O=C1CCCCC=C1COCc1ccccc1. The van der Waals surface area contributed by atoms with Crippen molar-refractivity contribution >= 4 is 5.78 Å². The molecule has 90 valence electrons. The third-order valence-electron chi connectivity index (χ3n) is 2.98. The molecular formula is C15H18O2. The van der Waals surface area contributed by atoms with Gasteiger partial charge in [0.1, 0.15) is 0 Å². The van der Waals surface area contributed by atoms with Gasteiger partial charge in [-0.05, 0) is 24.8 Å². The fourth-order valence-corrected chi connectivity index (χ4v) is 1.97. The van der Waals surface area contributed by atoms with Gasteiger partial charge in [0.05, 0.1) is 13.2 Å². The summed E-state index contributed by atoms with van der Waals surface area (Å²) in [7, 11) is 0. The number of benzene rings is 1. The fourth-order valence-electron chi connectivity index (χ4n) is 1.97. The Morgan fingerprint density at radius 1 is 1.06 bits per heavy atom. The molecule has 0 fully saturated rings. The van der Waals surface area contributed by atoms with Gasteiger partial charge in [-0.25, -0.2) is 0 Å². The van der Waals surface area contributed by atoms with E-state index in [4.69, 9.17) is 4.74 Å². The van der Waals surface area contributed by atoms with Crippen molar-refractivity contribution < 1.29 is 9.53 Å². The lowest BCUT2D eigenvalue weighted by Gasteiger charge is -2.06. The lowest BCUT2D eigenvalue weighted by molar-refractivity contribution is -0.116. The van der Waals surface area contributed by atoms with Crippen LogP contribution in [0.1, 0.15) is 31.2 Å². The molecule has 1 aromatic rings. The van der Waals surface area contributed by atoms with E-state index in [1.165, 1.54) is 0 Å². The number of rotatable bonds is 4. The molecular weight excluding hydrogens is 212 g/mol. The van der Waals surface area contributed by atoms with Crippen molar-refractivity contribution in [1.82, 2.24) is 0 Å². The van der Waals surface area contributed by atoms with Crippen LogP contribution < -0.4 is 0 Å². The van der Waals surface area contributed by atoms with Gasteiger partial charge in [-0.3, -0.25) is 4.79 Å². The van der Waals surface area contributed by atoms with Gasteiger partial charge in [-0.2, -0.15) is 0 Å². The van der Waals surface area contributed by atoms with Crippen molar-refractivity contribution in [3.05, 3.63) is 47.5 Å². The third-order valence-corrected chi connectivity index (χ3v) is 2.98. The van der Waals surface area contributed by atoms with E-state index in [0.717, 1.165) is 30.4 Å². The van der Waals surface area contributed by atoms with Crippen LogP contribution >= 0.6 is 0 Å². The van der Waals surface area contributed by atoms with Gasteiger partial charge < -0.3 is 4.74 Å². The molecule has 0 saturated heterocycles. The summed E-state index contributed by atoms with van der Waals surface area (Å²) in [6.07, 6.45) is 5.86. The Balaban J connectivity index is 1.81. The molecule has 0 aliphatic heterocycles. The monoisotopic (exact) mass is 230 g/mol. The molecule has 0 radical (unpaired) electrons. The van der Waals surface area contributed by atoms with Crippen LogP contribution in [0.5, 0.6) is 0 Å². The molecule has 0 unspecified atom stereocenters. The second-order valence-electron chi connectivity index (χ2n) is 4.38. The molecule has 2 heteroatoms. The molecule has 0 amide bonds. The molecule has 0 N–H and O–H groups in total. The summed E-state index contributed by atoms with van der Waals surface area (Å²) >= 11 is 0. The minimum Gasteiger partial charge on any atom is -0.372 e. The van der Waals surface area contributed by atoms with Crippen LogP contribution in [0.2, 0.25) is 0 Å². The highest BCUT2D eigenvalue weighted by Gasteiger charge is 2.12. The first kappa shape index (κ1) is 12.1. The van der Waals surface area contributed by atoms with Gasteiger partial charge in [0, 0.05) is 12.0 Å². The van der Waals surface area contributed by atoms with E-state index in [1.807, 2.05) is 36.4 Å². The van der Waals surface area contributed by atoms with Crippen LogP contribution in [0.15, 0.2) is 42.0 Å². The summed E-state index contributed by atoms with van der Waals surface area (Å²) in [5, 5.41) is 0. The van der Waals surface area contributed by atoms with Gasteiger partial charge in [0.15, 0.2) is 5.78 Å². The molecule has 1 aliphatic rings. The summed E-state index contributed by atoms with van der Waals surface area (Å²) in [5.41, 5.74) is 2.01. The predicted octanol–water partition coefficient (Wildman–Crippen LogP) is 3.27. The van der Waals surface area contributed by atoms with Crippen LogP contribution in [-0.4, -0.2) is 12.4 Å². The van der Waals surface area contributed by atoms with E-state index < -0.39 is 0 Å². The van der Waals surface area contributed by atoms with Gasteiger partial charge >= 0.3 is 0 Å². The van der Waals surface area contributed by atoms with E-state index in [9.17, 15) is 4.79 Å². The third kappa shape index (κ3) is 3.82. The van der Waals surface area contributed by atoms with Crippen LogP contribution in [0.3, 0.4) is 0 Å². The van der Waals surface area contributed by atoms with Crippen molar-refractivity contribution in [3.63, 3.8) is 0 Å². The fraction of sp³-hybridized carbons (Fsp3) is 0.400. The Bertz CT molecular complexity index is 393. The van der Waals surface area contributed by atoms with Crippen molar-refractivity contribution in [1.29, 1.82) is 0 Å². The maximum absolute atomic E-state index is 11.7. The number of ether oxygens (including phenoxy) is 1. The summed E-state index contributed by atoms with van der Waals surface area (Å²) in [4.78, 5) is 11.7. The Hall–Kier alpha value is -1.41. The van der Waals surface area contributed by atoms with Crippen LogP contribution in [-0.2, 0) is 16.1 Å². The maximum atomic E-state index is 11.7. The molecule has 1 aliphatic carbocycles. The molecule has 0 heterocycles. The first-order valence-electron chi connectivity index (χ1n) is 6.20. The normalized spacial score (nSPS) is 16.5. The zero-order chi connectivity index (χ0) is 11.9. The highest BCUT2D eigenvalue weighted by molar-refractivity contribution is 5.95. The number of Topliss-reactive ketones (excluding diaryl/α,β-unsaturated/α-hetero) is 1. The standard InChI is InChI=1S/C15H18O2/c16-15-10-6-2-5-9-14(15)12-17-11-13-7-3-1-4-8-13/h1,3-4,7-9H,2,5-6,10-12H2. The first-order valence-corrected chi connectivity index (χ1v) is 6.20. The Morgan fingerprint density at radius 3 is 2.71 bits per heavy atom. The predicted molar refractivity (Wildman–Crippen MR) is 67.7 cm³/mol. The van der Waals surface area contributed by atoms with Crippen LogP contribution in [0.25, 0.3) is 0 Å². The van der Waals surface area contributed by atoms with E-state index >= 15 is 0 Å². The van der Waals surface area contributed by atoms with E-state index in [0.29, 0.717) is 19.6 Å². The molecule has 17 heavy (non-hydrogen) atoms. The van der Waals surface area contributed by atoms with E-state index in [-0.39, 0.29) is 5.78 Å². The maximum Gasteiger partial charge on any atom is 0.160 e. The number of carbonyl (C=O) groups is 1. The Kier molecular flexibility index (Phi) is 4.51. The van der Waals surface area contributed by atoms with Crippen molar-refractivity contribution in [2.75, 3.05) is 6.61 Å². The smallest absolute Gasteiger partial charge is 0.160 e. The average molecular weight is 230 g/mol. The number of hydrogen-bond acceptors (Lipinski definition) is 2. The highest BCUT2D eigenvalue weighted by atomic mass is 16.5. The summed E-state index contributed by atoms with van der Waals surface area (Å²) in [6.45, 7) is 1.03. The highest BCUT2D eigenvalue weighted by Crippen LogP contribution is 2.14. The van der Waals surface area contributed by atoms with Crippen molar-refractivity contribution in [2.45, 2.75) is 32.3 Å². The number of ketones is 1. The minimum absolute atomic E-state index is 0.260. The number of hydrogen-bond donors (Lipinski definition) is 0. The minimum atomic E-state index is 0.260. The van der Waals surface area contributed by atoms with E-state index in [1.54, 1.807) is 0 Å². The van der Waals surface area contributed by atoms with Gasteiger partial charge in [0.2, 0.25) is 0 Å². The first-order chi connectivity index (χ1) is 8.36. The second-order valence-corrected chi connectivity index (χ2v) is 4.38. The summed E-state index contributed by atoms with van der Waals surface area (Å²) in [6, 6.07) is 10.0. The average Bonchev–Trinajstić information content (AvgIpc) is 2.56. The summed E-state index contributed by atoms with van der Waals surface area (Å²) < 4.78 is 5.60. The zero-order valence-electron chi connectivity index (χ0n) is 10.0. The van der Waals surface area contributed by atoms with Crippen molar-refractivity contribution in [3.8, 4) is 0 Å². The van der Waals surface area contributed by atoms with Crippen molar-refractivity contribution in [2.24, 2.45) is 0 Å². The van der Waals surface area contributed by atoms with E-state index in [2.05, 4.69) is 0 Å². The Labute approximate surface area is 102 Å². The largest absolute Gasteiger partial charge is 0.372 e. The lowest BCUT2D eigenvalue weighted by Crippen LogP contribution is -2.08. The Morgan fingerprint density at radius 2 is 1.88 bits per heavy atom. The molecule has 0 atom stereocenters. The lowest BCUT2D eigenvalue weighted by atomic mass is 10.1. The van der Waals surface area contributed by atoms with Gasteiger partial charge in [-0.1, -0.05) is 36.4 Å². The topological polar surface area (TPSA) is 26.3 Å². The van der Waals surface area contributed by atoms with Crippen LogP contribution in [0.4, 0.5) is 0 Å². The molecule has 0 saturated carbocycles. The summed E-state index contributed by atoms with van der Waals surface area (Å²) in [5.74, 6) is 0.260. The quantitative estimate of drug-likeness (QED) is 0.793. The zero-order valence-corrected chi connectivity index (χ0v) is 10.0. The molecule has 1 aromatic carbocycles. The molecule has 0 bridgehead atoms. The number of carbonyl (C=O) groups excluding carboxylic acids is 1. The van der Waals surface area contributed by atoms with Gasteiger partial charge in [0.25, 0.3) is 0 Å². The molecule has 2 nitrogen and oxygen atoms in total.